The van der Waals surface area contributed by atoms with Gasteiger partial charge in [0.2, 0.25) is 11.6 Å². The van der Waals surface area contributed by atoms with Gasteiger partial charge in [-0.2, -0.15) is 0 Å². The summed E-state index contributed by atoms with van der Waals surface area (Å²) < 4.78 is 1.95. The number of aromatic amines is 1. The maximum Gasteiger partial charge on any atom is 0.217 e. The summed E-state index contributed by atoms with van der Waals surface area (Å²) in [5, 5.41) is 18.9. The highest BCUT2D eigenvalue weighted by Crippen LogP contribution is 2.30. The molecule has 1 aromatic carbocycles. The molecule has 0 unspecified atom stereocenters. The largest absolute Gasteiger partial charge is 0.291 e. The van der Waals surface area contributed by atoms with Crippen molar-refractivity contribution in [3.8, 4) is 22.5 Å². The SMILES string of the molecule is CCCCCn1nc(C(=O)CC2CCCCC2)nc1Cc1ccc(-c2cnccc2-c2nnn[nH]2)cc1. The van der Waals surface area contributed by atoms with Crippen molar-refractivity contribution in [1.29, 1.82) is 0 Å². The topological polar surface area (TPSA) is 115 Å². The summed E-state index contributed by atoms with van der Waals surface area (Å²) >= 11 is 0. The van der Waals surface area contributed by atoms with E-state index in [1.165, 1.54) is 19.3 Å². The fourth-order valence-corrected chi connectivity index (χ4v) is 5.15. The molecule has 1 saturated carbocycles. The van der Waals surface area contributed by atoms with Crippen LogP contribution in [0.1, 0.15) is 86.7 Å². The van der Waals surface area contributed by atoms with Crippen LogP contribution in [-0.2, 0) is 13.0 Å². The molecule has 192 valence electrons. The van der Waals surface area contributed by atoms with E-state index in [4.69, 9.17) is 4.98 Å². The minimum absolute atomic E-state index is 0.0868. The Morgan fingerprint density at radius 3 is 2.65 bits per heavy atom. The number of hydrogen-bond acceptors (Lipinski definition) is 7. The van der Waals surface area contributed by atoms with Crippen LogP contribution in [0.3, 0.4) is 0 Å². The third-order valence-corrected chi connectivity index (χ3v) is 7.22. The van der Waals surface area contributed by atoms with Gasteiger partial charge in [-0.25, -0.2) is 14.8 Å². The molecule has 3 heterocycles. The number of unbranched alkanes of at least 4 members (excludes halogenated alkanes) is 2. The maximum absolute atomic E-state index is 13.0. The van der Waals surface area contributed by atoms with Gasteiger partial charge in [0.05, 0.1) is 0 Å². The molecule has 0 spiro atoms. The fourth-order valence-electron chi connectivity index (χ4n) is 5.15. The standard InChI is InChI=1S/C28H34N8O/c1-2-3-7-16-36-26(30-28(33-36)25(37)17-20-8-5-4-6-9-20)18-21-10-12-22(13-11-21)24-19-29-15-14-23(24)27-31-34-35-32-27/h10-15,19-20H,2-9,16-18H2,1H3,(H,31,32,34,35). The van der Waals surface area contributed by atoms with Gasteiger partial charge < -0.3 is 0 Å². The molecule has 1 aliphatic carbocycles. The van der Waals surface area contributed by atoms with Gasteiger partial charge in [-0.3, -0.25) is 9.78 Å². The number of benzene rings is 1. The van der Waals surface area contributed by atoms with E-state index in [1.54, 1.807) is 6.20 Å². The van der Waals surface area contributed by atoms with Crippen molar-refractivity contribution >= 4 is 5.78 Å². The number of pyridine rings is 1. The van der Waals surface area contributed by atoms with Crippen LogP contribution in [0.25, 0.3) is 22.5 Å². The predicted molar refractivity (Wildman–Crippen MR) is 141 cm³/mol. The number of carbonyl (C=O) groups is 1. The second-order valence-corrected chi connectivity index (χ2v) is 9.96. The summed E-state index contributed by atoms with van der Waals surface area (Å²) in [5.41, 5.74) is 3.98. The van der Waals surface area contributed by atoms with Gasteiger partial charge in [0.15, 0.2) is 5.82 Å². The van der Waals surface area contributed by atoms with Crippen molar-refractivity contribution in [2.45, 2.75) is 77.7 Å². The Labute approximate surface area is 217 Å². The Hall–Kier alpha value is -3.75. The van der Waals surface area contributed by atoms with E-state index in [0.29, 0.717) is 30.4 Å². The molecule has 0 radical (unpaired) electrons. The number of rotatable bonds is 11. The lowest BCUT2D eigenvalue weighted by atomic mass is 9.86. The Balaban J connectivity index is 1.34. The molecule has 0 amide bonds. The number of Topliss-reactive ketones (excluding diaryl/α,β-unsaturated/α-hetero) is 1. The summed E-state index contributed by atoms with van der Waals surface area (Å²) in [7, 11) is 0. The third kappa shape index (κ3) is 6.15. The molecular weight excluding hydrogens is 464 g/mol. The summed E-state index contributed by atoms with van der Waals surface area (Å²) in [6, 6.07) is 10.2. The number of carbonyl (C=O) groups excluding carboxylic acids is 1. The average molecular weight is 499 g/mol. The third-order valence-electron chi connectivity index (χ3n) is 7.22. The van der Waals surface area contributed by atoms with Crippen LogP contribution in [0, 0.1) is 5.92 Å². The first-order chi connectivity index (χ1) is 18.2. The quantitative estimate of drug-likeness (QED) is 0.216. The molecule has 1 N–H and O–H groups in total. The van der Waals surface area contributed by atoms with Crippen LogP contribution >= 0.6 is 0 Å². The molecule has 1 aliphatic rings. The van der Waals surface area contributed by atoms with Crippen LogP contribution in [0.2, 0.25) is 0 Å². The molecule has 3 aromatic heterocycles. The molecule has 9 nitrogen and oxygen atoms in total. The van der Waals surface area contributed by atoms with Gasteiger partial charge in [0.25, 0.3) is 0 Å². The maximum atomic E-state index is 13.0. The Morgan fingerprint density at radius 2 is 1.89 bits per heavy atom. The van der Waals surface area contributed by atoms with E-state index in [1.807, 2.05) is 16.9 Å². The van der Waals surface area contributed by atoms with Crippen molar-refractivity contribution < 1.29 is 4.79 Å². The van der Waals surface area contributed by atoms with E-state index in [0.717, 1.165) is 66.7 Å². The summed E-state index contributed by atoms with van der Waals surface area (Å²) in [6.45, 7) is 2.98. The zero-order chi connectivity index (χ0) is 25.5. The normalized spacial score (nSPS) is 14.2. The molecule has 0 aliphatic heterocycles. The Morgan fingerprint density at radius 1 is 1.05 bits per heavy atom. The predicted octanol–water partition coefficient (Wildman–Crippen LogP) is 5.45. The molecule has 5 rings (SSSR count). The fraction of sp³-hybridized carbons (Fsp3) is 0.464. The van der Waals surface area contributed by atoms with Gasteiger partial charge in [-0.1, -0.05) is 76.1 Å². The Bertz CT molecular complexity index is 1290. The van der Waals surface area contributed by atoms with Gasteiger partial charge in [-0.05, 0) is 40.0 Å². The number of ketones is 1. The van der Waals surface area contributed by atoms with E-state index in [-0.39, 0.29) is 5.78 Å². The molecule has 4 aromatic rings. The van der Waals surface area contributed by atoms with E-state index in [2.05, 4.69) is 61.9 Å². The second-order valence-electron chi connectivity index (χ2n) is 9.96. The first kappa shape index (κ1) is 24.9. The van der Waals surface area contributed by atoms with Crippen molar-refractivity contribution in [3.05, 3.63) is 59.9 Å². The first-order valence-electron chi connectivity index (χ1n) is 13.5. The van der Waals surface area contributed by atoms with Crippen LogP contribution < -0.4 is 0 Å². The van der Waals surface area contributed by atoms with E-state index >= 15 is 0 Å². The molecule has 9 heteroatoms. The average Bonchev–Trinajstić information content (AvgIpc) is 3.61. The van der Waals surface area contributed by atoms with Crippen molar-refractivity contribution in [3.63, 3.8) is 0 Å². The molecule has 0 atom stereocenters. The van der Waals surface area contributed by atoms with Crippen molar-refractivity contribution in [2.24, 2.45) is 5.92 Å². The highest BCUT2D eigenvalue weighted by molar-refractivity contribution is 5.92. The van der Waals surface area contributed by atoms with Gasteiger partial charge in [0, 0.05) is 42.9 Å². The lowest BCUT2D eigenvalue weighted by molar-refractivity contribution is 0.0939. The number of H-pyrrole nitrogens is 1. The molecule has 1 fully saturated rings. The molecular formula is C28H34N8O. The summed E-state index contributed by atoms with van der Waals surface area (Å²) in [6.07, 6.45) is 14.1. The van der Waals surface area contributed by atoms with Crippen molar-refractivity contribution in [1.82, 2.24) is 40.4 Å². The zero-order valence-electron chi connectivity index (χ0n) is 21.4. The number of aryl methyl sites for hydroxylation is 1. The first-order valence-corrected chi connectivity index (χ1v) is 13.5. The van der Waals surface area contributed by atoms with E-state index < -0.39 is 0 Å². The van der Waals surface area contributed by atoms with Gasteiger partial charge in [-0.15, -0.1) is 10.2 Å². The van der Waals surface area contributed by atoms with Crippen LogP contribution in [-0.4, -0.2) is 46.2 Å². The smallest absolute Gasteiger partial charge is 0.217 e. The van der Waals surface area contributed by atoms with Crippen LogP contribution in [0.5, 0.6) is 0 Å². The summed E-state index contributed by atoms with van der Waals surface area (Å²) in [5.74, 6) is 2.41. The minimum Gasteiger partial charge on any atom is -0.291 e. The lowest BCUT2D eigenvalue weighted by Crippen LogP contribution is -2.13. The lowest BCUT2D eigenvalue weighted by Gasteiger charge is -2.19. The second kappa shape index (κ2) is 12.0. The van der Waals surface area contributed by atoms with Crippen LogP contribution in [0.15, 0.2) is 42.7 Å². The number of nitrogens with zero attached hydrogens (tertiary/aromatic N) is 7. The number of nitrogens with one attached hydrogen (secondary N) is 1. The van der Waals surface area contributed by atoms with Gasteiger partial charge in [0.1, 0.15) is 5.82 Å². The summed E-state index contributed by atoms with van der Waals surface area (Å²) in [4.78, 5) is 22.1. The highest BCUT2D eigenvalue weighted by Gasteiger charge is 2.22. The number of tetrazole rings is 1. The number of hydrogen-bond donors (Lipinski definition) is 1. The highest BCUT2D eigenvalue weighted by atomic mass is 16.1. The van der Waals surface area contributed by atoms with Crippen LogP contribution in [0.4, 0.5) is 0 Å². The van der Waals surface area contributed by atoms with Crippen molar-refractivity contribution in [2.75, 3.05) is 0 Å². The molecule has 37 heavy (non-hydrogen) atoms. The number of aromatic nitrogens is 8. The van der Waals surface area contributed by atoms with Gasteiger partial charge >= 0.3 is 0 Å². The zero-order valence-corrected chi connectivity index (χ0v) is 21.4. The monoisotopic (exact) mass is 498 g/mol. The molecule has 0 saturated heterocycles. The minimum atomic E-state index is 0.0868. The molecule has 0 bridgehead atoms. The van der Waals surface area contributed by atoms with E-state index in [9.17, 15) is 4.79 Å². The Kier molecular flexibility index (Phi) is 8.08.